The third-order valence-corrected chi connectivity index (χ3v) is 67.9. The minimum absolute atomic E-state index is 0.104. The molecule has 11 rings (SSSR count). The lowest BCUT2D eigenvalue weighted by Crippen LogP contribution is -2.62. The monoisotopic (exact) mass is 1540 g/mol. The number of aliphatic hydroxyl groups excluding tert-OH is 1. The molecule has 1 N–H and O–H groups in total. The molecular formula is C61H89B10N3O16P10. The number of imide groups is 3. The highest BCUT2D eigenvalue weighted by molar-refractivity contribution is 9.16. The number of nitrogens with zero attached hydrogens (tertiary/aromatic N) is 3. The van der Waals surface area contributed by atoms with Crippen LogP contribution in [0.3, 0.4) is 0 Å². The van der Waals surface area contributed by atoms with Crippen molar-refractivity contribution >= 4 is 201 Å². The molecule has 5 heterocycles. The second-order valence-electron chi connectivity index (χ2n) is 29.2. The molecular weight excluding hydrogens is 1450 g/mol. The van der Waals surface area contributed by atoms with Crippen molar-refractivity contribution in [1.29, 1.82) is 0 Å². The van der Waals surface area contributed by atoms with Crippen LogP contribution in [0.5, 0.6) is 0 Å². The van der Waals surface area contributed by atoms with Crippen molar-refractivity contribution < 1.29 is 76.6 Å². The molecule has 6 amide bonds. The number of likely N-dealkylation sites (tertiary alicyclic amines) is 3. The van der Waals surface area contributed by atoms with Crippen molar-refractivity contribution in [2.75, 3.05) is 0 Å². The number of allylic oxidation sites excluding steroid dienone is 3. The first-order valence-electron chi connectivity index (χ1n) is 33.5. The van der Waals surface area contributed by atoms with Crippen LogP contribution in [0, 0.1) is 17.8 Å². The largest absolute Gasteiger partial charge is 0.515 e. The van der Waals surface area contributed by atoms with E-state index in [1.165, 1.54) is 60.7 Å². The molecule has 3 saturated heterocycles. The summed E-state index contributed by atoms with van der Waals surface area (Å²) >= 11 is 0. The highest BCUT2D eigenvalue weighted by Gasteiger charge is 2.57. The van der Waals surface area contributed by atoms with Crippen molar-refractivity contribution in [3.63, 3.8) is 0 Å². The maximum atomic E-state index is 13.2. The van der Waals surface area contributed by atoms with Gasteiger partial charge in [0.2, 0.25) is 0 Å². The van der Waals surface area contributed by atoms with E-state index in [2.05, 4.69) is 53.6 Å². The molecule has 0 aromatic carbocycles. The van der Waals surface area contributed by atoms with E-state index in [9.17, 15) is 43.5 Å². The first-order valence-corrected chi connectivity index (χ1v) is 50.6. The van der Waals surface area contributed by atoms with Crippen molar-refractivity contribution in [3.05, 3.63) is 92.2 Å². The lowest BCUT2D eigenvalue weighted by molar-refractivity contribution is -0.153. The Morgan fingerprint density at radius 1 is 0.490 bits per heavy atom. The first kappa shape index (κ1) is 85.3. The summed E-state index contributed by atoms with van der Waals surface area (Å²) in [5.41, 5.74) is 7.78. The molecule has 0 aromatic heterocycles. The number of carbonyl (C=O) groups excluding carboxylic acids is 8. The number of fused-ring (bicyclic) bond motifs is 6. The summed E-state index contributed by atoms with van der Waals surface area (Å²) < 4.78 is 37.8. The maximum Gasteiger partial charge on any atom is 0.417 e. The topological polar surface area (TPSA) is 231 Å². The number of hydrogen-bond acceptors (Lipinski definition) is 16. The summed E-state index contributed by atoms with van der Waals surface area (Å²) in [4.78, 5) is 104. The van der Waals surface area contributed by atoms with Crippen molar-refractivity contribution in [2.45, 2.75) is 220 Å². The van der Waals surface area contributed by atoms with E-state index in [4.69, 9.17) is 79.6 Å². The fourth-order valence-corrected chi connectivity index (χ4v) is 101. The highest BCUT2D eigenvalue weighted by Crippen LogP contribution is 3.10. The Bertz CT molecular complexity index is 3220. The molecule has 19 nitrogen and oxygen atoms in total. The molecule has 0 spiro atoms. The van der Waals surface area contributed by atoms with Crippen LogP contribution in [0.25, 0.3) is 0 Å². The Hall–Kier alpha value is -1.97. The van der Waals surface area contributed by atoms with Gasteiger partial charge in [0.05, 0.1) is 53.6 Å². The Morgan fingerprint density at radius 2 is 0.760 bits per heavy atom. The molecule has 39 heteroatoms. The van der Waals surface area contributed by atoms with E-state index in [1.54, 1.807) is 88.3 Å². The van der Waals surface area contributed by atoms with E-state index < -0.39 is 103 Å². The lowest BCUT2D eigenvalue weighted by atomic mass is 8.58. The van der Waals surface area contributed by atoms with Crippen molar-refractivity contribution in [2.24, 2.45) is 17.8 Å². The third kappa shape index (κ3) is 21.2. The number of carbonyl (C=O) groups is 8. The van der Waals surface area contributed by atoms with Gasteiger partial charge in [-0.25, -0.2) is 38.7 Å². The van der Waals surface area contributed by atoms with Crippen molar-refractivity contribution in [3.8, 4) is 0 Å². The molecule has 0 aromatic rings. The second-order valence-corrected chi connectivity index (χ2v) is 65.8. The van der Waals surface area contributed by atoms with Gasteiger partial charge in [0.1, 0.15) is 16.8 Å². The van der Waals surface area contributed by atoms with E-state index in [1.807, 2.05) is 0 Å². The molecule has 524 valence electrons. The molecule has 0 bridgehead atoms. The summed E-state index contributed by atoms with van der Waals surface area (Å²) in [5, 5.41) is 9.47. The molecule has 12 radical (unpaired) electrons. The quantitative estimate of drug-likeness (QED) is 0.0407. The number of rotatable bonds is 10. The minimum Gasteiger partial charge on any atom is -0.515 e. The van der Waals surface area contributed by atoms with Gasteiger partial charge in [-0.1, -0.05) is 16.7 Å². The fraction of sp³-hybridized carbons (Fsp3) is 0.607. The average Bonchev–Trinajstić information content (AvgIpc) is 1.60. The number of esters is 2. The predicted molar refractivity (Wildman–Crippen MR) is 431 cm³/mol. The third-order valence-electron chi connectivity index (χ3n) is 18.3. The van der Waals surface area contributed by atoms with Crippen LogP contribution in [0.4, 0.5) is 14.4 Å². The van der Waals surface area contributed by atoms with Gasteiger partial charge in [0, 0.05) is 113 Å². The zero-order valence-corrected chi connectivity index (χ0v) is 69.6. The lowest BCUT2D eigenvalue weighted by Gasteiger charge is -2.29. The van der Waals surface area contributed by atoms with Gasteiger partial charge in [0.15, 0.2) is 0 Å². The summed E-state index contributed by atoms with van der Waals surface area (Å²) in [6.07, 6.45) is 15.5. The van der Waals surface area contributed by atoms with Crippen molar-refractivity contribution in [1.82, 2.24) is 14.7 Å². The standard InChI is InChI=1S/2C22H27NO6.C17H23NO4.B10.H12P10/c2*1-12-9-17(28-20(12)25)27-11-16-15-10-13-7-5-6-8-14(13)18(15)23(19(16)24)21(26)29-22(2,3)4;1-17(2,3)22-16(21)18-14-11-7-5-4-6-10(11)8-12(14)13(9-19)15(18)20;2*1-7(2)10(8(3)4)9(5)6/h2*9,11,15,17-18H,5-8,10H2,1-4H3;9,12,14,19H,4-8H2,1-3H3;;1-6H2/b2*16-11+;13-9-;;/t15-,17+,18-;15-,17-,18-;12-,14-;;/m111../s1. The molecule has 3 fully saturated rings. The first-order chi connectivity index (χ1) is 46.6. The molecule has 6 aliphatic carbocycles. The number of aliphatic hydroxyl groups is 1. The van der Waals surface area contributed by atoms with Crippen LogP contribution in [0.2, 0.25) is 0 Å². The van der Waals surface area contributed by atoms with Crippen LogP contribution >= 0.6 is 81.5 Å². The Kier molecular flexibility index (Phi) is 30.9. The van der Waals surface area contributed by atoms with Gasteiger partial charge in [0.25, 0.3) is 30.3 Å². The average molecular weight is 1540 g/mol. The minimum atomic E-state index is -0.846. The zero-order chi connectivity index (χ0) is 74.5. The molecule has 100 heavy (non-hydrogen) atoms. The van der Waals surface area contributed by atoms with Crippen LogP contribution in [0.1, 0.15) is 172 Å². The number of ether oxygens (including phenoxy) is 7. The van der Waals surface area contributed by atoms with Gasteiger partial charge >= 0.3 is 30.2 Å². The van der Waals surface area contributed by atoms with Gasteiger partial charge in [-0.2, -0.15) is 0 Å². The van der Waals surface area contributed by atoms with E-state index in [0.717, 1.165) is 103 Å². The highest BCUT2D eigenvalue weighted by atomic mass is 33.2. The van der Waals surface area contributed by atoms with Crippen LogP contribution in [0.15, 0.2) is 92.2 Å². The Balaban J connectivity index is 0.000000187. The number of hydrogen-bond donors (Lipinski definition) is 1. The zero-order valence-electron chi connectivity index (χ0n) is 59.1. The molecule has 14 atom stereocenters. The van der Waals surface area contributed by atoms with Crippen LogP contribution < -0.4 is 0 Å². The van der Waals surface area contributed by atoms with Crippen LogP contribution in [-0.4, -0.2) is 187 Å². The van der Waals surface area contributed by atoms with Gasteiger partial charge in [-0.05, 0) is 217 Å². The van der Waals surface area contributed by atoms with Gasteiger partial charge in [-0.15, -0.1) is 53.6 Å². The maximum absolute atomic E-state index is 13.2. The van der Waals surface area contributed by atoms with E-state index >= 15 is 0 Å². The Morgan fingerprint density at radius 3 is 0.980 bits per heavy atom. The van der Waals surface area contributed by atoms with Crippen LogP contribution in [-0.2, 0) is 57.1 Å². The summed E-state index contributed by atoms with van der Waals surface area (Å²) in [5.74, 6) is -2.44. The summed E-state index contributed by atoms with van der Waals surface area (Å²) in [7, 11) is 49.5. The predicted octanol–water partition coefficient (Wildman–Crippen LogP) is 12.6. The SMILES string of the molecule is CC(C)(C)OC(=O)N1C(=O)/C(=C\O)[C@H]2CC3=C(CCCC3)[C@H]21.CC1=C[C@@H](O/C=C2/C(=O)N(C(=O)OC(C)(C)C)[C@@H]3C4=C(CCCC4)C[C@H]23)OC1=O.CC1=C[C@H](O/C=C2/C(=O)N(C(=O)OC(C)(C)C)[C@@H]3C4=C(CCCC4)C[C@H]23)OC1=O.PP(P)P(P(P)P)P(P)P.[B]B([B])B(B([B])[B])B([B])[B]. The van der Waals surface area contributed by atoms with E-state index in [0.29, 0.717) is 27.9 Å². The van der Waals surface area contributed by atoms with Gasteiger partial charge in [-0.3, -0.25) is 14.4 Å². The second kappa shape index (κ2) is 36.3. The molecule has 5 aliphatic heterocycles. The summed E-state index contributed by atoms with van der Waals surface area (Å²) in [6, 6.07) is -0.854. The van der Waals surface area contributed by atoms with Gasteiger partial charge < -0.3 is 38.3 Å². The Labute approximate surface area is 618 Å². The number of amides is 6. The smallest absolute Gasteiger partial charge is 0.417 e. The fourth-order valence-electron chi connectivity index (χ4n) is 14.2. The summed E-state index contributed by atoms with van der Waals surface area (Å²) in [6.45, 7) is 20.0. The molecule has 6 unspecified atom stereocenters. The molecule has 0 saturated carbocycles. The molecule has 11 aliphatic rings. The van der Waals surface area contributed by atoms with E-state index in [-0.39, 0.29) is 63.8 Å². The normalized spacial score (nSPS) is 26.3. The number of cyclic esters (lactones) is 2.